The molecule has 1 fully saturated rings. The summed E-state index contributed by atoms with van der Waals surface area (Å²) in [6.45, 7) is 0.462. The molecule has 1 amide bonds. The normalized spacial score (nSPS) is 21.0. The van der Waals surface area contributed by atoms with Gasteiger partial charge in [-0.3, -0.25) is 4.79 Å². The van der Waals surface area contributed by atoms with Gasteiger partial charge in [0, 0.05) is 28.5 Å². The van der Waals surface area contributed by atoms with Crippen LogP contribution in [0.2, 0.25) is 0 Å². The van der Waals surface area contributed by atoms with Gasteiger partial charge in [0.1, 0.15) is 0 Å². The average Bonchev–Trinajstić information content (AvgIpc) is 3.08. The third-order valence-corrected chi connectivity index (χ3v) is 4.88. The lowest BCUT2D eigenvalue weighted by atomic mass is 10.1. The maximum Gasteiger partial charge on any atom is 0.243 e. The molecule has 0 bridgehead atoms. The van der Waals surface area contributed by atoms with Crippen LogP contribution < -0.4 is 10.6 Å². The van der Waals surface area contributed by atoms with Crippen molar-refractivity contribution in [3.05, 3.63) is 45.4 Å². The van der Waals surface area contributed by atoms with Gasteiger partial charge in [-0.05, 0) is 24.1 Å². The molecule has 3 rings (SSSR count). The summed E-state index contributed by atoms with van der Waals surface area (Å²) >= 11 is 4.93. The van der Waals surface area contributed by atoms with Gasteiger partial charge in [0.15, 0.2) is 5.13 Å². The van der Waals surface area contributed by atoms with Crippen LogP contribution in [0.3, 0.4) is 0 Å². The van der Waals surface area contributed by atoms with E-state index in [1.54, 1.807) is 6.20 Å². The van der Waals surface area contributed by atoms with Gasteiger partial charge in [-0.2, -0.15) is 0 Å². The number of thiazole rings is 1. The minimum absolute atomic E-state index is 0.139. The number of amides is 1. The number of carbonyl (C=O) groups excluding carboxylic acids is 1. The minimum Gasteiger partial charge on any atom is -0.392 e. The summed E-state index contributed by atoms with van der Waals surface area (Å²) in [6.07, 6.45) is 2.58. The summed E-state index contributed by atoms with van der Waals surface area (Å²) in [5.74, 6) is -0.139. The van der Waals surface area contributed by atoms with E-state index in [9.17, 15) is 9.90 Å². The lowest BCUT2D eigenvalue weighted by molar-refractivity contribution is -0.117. The molecule has 2 heterocycles. The van der Waals surface area contributed by atoms with Gasteiger partial charge in [-0.1, -0.05) is 28.1 Å². The van der Waals surface area contributed by atoms with Crippen LogP contribution in [0.15, 0.2) is 34.9 Å². The Labute approximate surface area is 140 Å². The molecular weight excluding hydrogens is 366 g/mol. The molecule has 116 valence electrons. The molecule has 1 aromatic carbocycles. The second-order valence-electron chi connectivity index (χ2n) is 5.28. The fourth-order valence-electron chi connectivity index (χ4n) is 2.40. The number of β-amino-alcohol motifs (C(OH)–C–C–N with tert-alkyl or cyclic N) is 1. The van der Waals surface area contributed by atoms with E-state index in [0.717, 1.165) is 15.8 Å². The number of rotatable bonds is 4. The Morgan fingerprint density at radius 2 is 2.41 bits per heavy atom. The lowest BCUT2D eigenvalue weighted by Crippen LogP contribution is -2.35. The molecule has 22 heavy (non-hydrogen) atoms. The van der Waals surface area contributed by atoms with Crippen LogP contribution in [-0.4, -0.2) is 34.7 Å². The summed E-state index contributed by atoms with van der Waals surface area (Å²) in [7, 11) is 0. The molecule has 7 heteroatoms. The van der Waals surface area contributed by atoms with Gasteiger partial charge >= 0.3 is 0 Å². The van der Waals surface area contributed by atoms with Crippen molar-refractivity contribution in [1.82, 2.24) is 10.3 Å². The van der Waals surface area contributed by atoms with E-state index in [1.165, 1.54) is 16.9 Å². The van der Waals surface area contributed by atoms with Crippen molar-refractivity contribution < 1.29 is 9.90 Å². The molecule has 0 unspecified atom stereocenters. The third kappa shape index (κ3) is 3.92. The van der Waals surface area contributed by atoms with E-state index >= 15 is 0 Å². The first-order valence-corrected chi connectivity index (χ1v) is 8.62. The van der Waals surface area contributed by atoms with Crippen molar-refractivity contribution in [3.63, 3.8) is 0 Å². The van der Waals surface area contributed by atoms with Crippen molar-refractivity contribution in [2.45, 2.75) is 25.0 Å². The fourth-order valence-corrected chi connectivity index (χ4v) is 3.70. The number of halogens is 1. The van der Waals surface area contributed by atoms with Crippen LogP contribution in [0.5, 0.6) is 0 Å². The van der Waals surface area contributed by atoms with Crippen molar-refractivity contribution in [2.75, 3.05) is 11.9 Å². The number of carbonyl (C=O) groups is 1. The maximum absolute atomic E-state index is 12.0. The number of aliphatic hydroxyl groups is 1. The molecule has 1 saturated heterocycles. The predicted octanol–water partition coefficient (Wildman–Crippen LogP) is 2.16. The number of hydrogen-bond donors (Lipinski definition) is 3. The average molecular weight is 382 g/mol. The van der Waals surface area contributed by atoms with E-state index in [0.29, 0.717) is 18.1 Å². The number of aliphatic hydroxyl groups excluding tert-OH is 1. The highest BCUT2D eigenvalue weighted by atomic mass is 79.9. The fraction of sp³-hybridized carbons (Fsp3) is 0.333. The summed E-state index contributed by atoms with van der Waals surface area (Å²) in [6, 6.07) is 7.78. The number of anilines is 1. The maximum atomic E-state index is 12.0. The standard InChI is InChI=1S/C15H16BrN3O2S/c16-10-3-1-2-9(4-10)5-12-8-18-15(22-12)19-14(21)13-6-11(20)7-17-13/h1-4,8,11,13,17,20H,5-7H2,(H,18,19,21)/t11-,13+/m1/s1. The smallest absolute Gasteiger partial charge is 0.243 e. The number of benzene rings is 1. The van der Waals surface area contributed by atoms with Crippen LogP contribution >= 0.6 is 27.3 Å². The van der Waals surface area contributed by atoms with Crippen LogP contribution in [0.4, 0.5) is 5.13 Å². The van der Waals surface area contributed by atoms with Gasteiger partial charge in [-0.15, -0.1) is 11.3 Å². The lowest BCUT2D eigenvalue weighted by Gasteiger charge is -2.08. The minimum atomic E-state index is -0.445. The molecule has 1 aromatic heterocycles. The second kappa shape index (κ2) is 6.87. The van der Waals surface area contributed by atoms with Crippen LogP contribution in [0.25, 0.3) is 0 Å². The van der Waals surface area contributed by atoms with Gasteiger partial charge < -0.3 is 15.7 Å². The molecule has 0 saturated carbocycles. The van der Waals surface area contributed by atoms with Gasteiger partial charge in [0.05, 0.1) is 12.1 Å². The zero-order chi connectivity index (χ0) is 15.5. The summed E-state index contributed by atoms with van der Waals surface area (Å²) < 4.78 is 1.05. The van der Waals surface area contributed by atoms with E-state index in [1.807, 2.05) is 12.1 Å². The third-order valence-electron chi connectivity index (χ3n) is 3.48. The topological polar surface area (TPSA) is 74.2 Å². The van der Waals surface area contributed by atoms with Crippen LogP contribution in [0, 0.1) is 0 Å². The number of hydrogen-bond acceptors (Lipinski definition) is 5. The molecule has 0 radical (unpaired) electrons. The molecule has 2 atom stereocenters. The molecule has 0 spiro atoms. The largest absolute Gasteiger partial charge is 0.392 e. The second-order valence-corrected chi connectivity index (χ2v) is 7.31. The Balaban J connectivity index is 1.60. The SMILES string of the molecule is O=C(Nc1ncc(Cc2cccc(Br)c2)s1)[C@@H]1C[C@@H](O)CN1. The Morgan fingerprint density at radius 3 is 3.14 bits per heavy atom. The first-order chi connectivity index (χ1) is 10.6. The van der Waals surface area contributed by atoms with Gasteiger partial charge in [0.2, 0.25) is 5.91 Å². The van der Waals surface area contributed by atoms with Crippen molar-refractivity contribution in [1.29, 1.82) is 0 Å². The van der Waals surface area contributed by atoms with Gasteiger partial charge in [-0.25, -0.2) is 4.98 Å². The molecular formula is C15H16BrN3O2S. The summed E-state index contributed by atoms with van der Waals surface area (Å²) in [4.78, 5) is 17.4. The summed E-state index contributed by atoms with van der Waals surface area (Å²) in [5.41, 5.74) is 1.19. The monoisotopic (exact) mass is 381 g/mol. The van der Waals surface area contributed by atoms with Crippen molar-refractivity contribution in [2.24, 2.45) is 0 Å². The predicted molar refractivity (Wildman–Crippen MR) is 90.1 cm³/mol. The highest BCUT2D eigenvalue weighted by molar-refractivity contribution is 9.10. The van der Waals surface area contributed by atoms with Crippen LogP contribution in [-0.2, 0) is 11.2 Å². The number of nitrogens with zero attached hydrogens (tertiary/aromatic N) is 1. The summed E-state index contributed by atoms with van der Waals surface area (Å²) in [5, 5.41) is 15.8. The Kier molecular flexibility index (Phi) is 4.87. The van der Waals surface area contributed by atoms with Gasteiger partial charge in [0.25, 0.3) is 0 Å². The zero-order valence-corrected chi connectivity index (χ0v) is 14.2. The molecule has 1 aliphatic heterocycles. The molecule has 3 N–H and O–H groups in total. The highest BCUT2D eigenvalue weighted by Gasteiger charge is 2.28. The zero-order valence-electron chi connectivity index (χ0n) is 11.8. The number of aromatic nitrogens is 1. The quantitative estimate of drug-likeness (QED) is 0.758. The first-order valence-electron chi connectivity index (χ1n) is 7.01. The van der Waals surface area contributed by atoms with E-state index in [2.05, 4.69) is 43.7 Å². The molecule has 1 aliphatic rings. The Bertz CT molecular complexity index is 676. The van der Waals surface area contributed by atoms with E-state index in [4.69, 9.17) is 0 Å². The van der Waals surface area contributed by atoms with Crippen LogP contribution in [0.1, 0.15) is 16.9 Å². The first kappa shape index (κ1) is 15.6. The molecule has 2 aromatic rings. The number of nitrogens with one attached hydrogen (secondary N) is 2. The highest BCUT2D eigenvalue weighted by Crippen LogP contribution is 2.23. The van der Waals surface area contributed by atoms with E-state index < -0.39 is 6.10 Å². The van der Waals surface area contributed by atoms with E-state index in [-0.39, 0.29) is 11.9 Å². The molecule has 5 nitrogen and oxygen atoms in total. The Hall–Kier alpha value is -1.28. The molecule has 0 aliphatic carbocycles. The Morgan fingerprint density at radius 1 is 1.55 bits per heavy atom. The van der Waals surface area contributed by atoms with Crippen molar-refractivity contribution in [3.8, 4) is 0 Å². The van der Waals surface area contributed by atoms with Crippen molar-refractivity contribution >= 4 is 38.3 Å².